The first-order valence-corrected chi connectivity index (χ1v) is 11.1. The number of amides is 1. The fraction of sp³-hybridized carbons (Fsp3) is 0.458. The summed E-state index contributed by atoms with van der Waals surface area (Å²) in [6.07, 6.45) is 5.05. The van der Waals surface area contributed by atoms with E-state index in [1.165, 1.54) is 17.1 Å². The van der Waals surface area contributed by atoms with E-state index in [0.29, 0.717) is 26.0 Å². The smallest absolute Gasteiger partial charge is 0.323 e. The Labute approximate surface area is 187 Å². The number of aromatic nitrogens is 1. The molecule has 1 aromatic carbocycles. The van der Waals surface area contributed by atoms with Crippen LogP contribution >= 0.6 is 0 Å². The molecule has 0 unspecified atom stereocenters. The van der Waals surface area contributed by atoms with Gasteiger partial charge in [0.2, 0.25) is 0 Å². The van der Waals surface area contributed by atoms with Crippen molar-refractivity contribution >= 4 is 17.6 Å². The molecule has 8 heteroatoms. The minimum atomic E-state index is -0.399. The highest BCUT2D eigenvalue weighted by Crippen LogP contribution is 2.33. The summed E-state index contributed by atoms with van der Waals surface area (Å²) in [6.45, 7) is 2.89. The standard InChI is InChI=1S/C24H29FN4O3/c1-3-32-24(31)21-7-4-5-14-28(21)16-23(30)29-22(20-8-6-13-27(20)2)15-19(26-29)17-9-11-18(25)12-10-17/h6,8-13,21-22H,3-5,7,14-16H2,1-2H3/t21-,22+/m1/s1. The summed E-state index contributed by atoms with van der Waals surface area (Å²) < 4.78 is 20.6. The Morgan fingerprint density at radius 2 is 1.97 bits per heavy atom. The van der Waals surface area contributed by atoms with Crippen LogP contribution in [0.1, 0.15) is 49.9 Å². The Morgan fingerprint density at radius 1 is 1.19 bits per heavy atom. The molecule has 0 spiro atoms. The fourth-order valence-electron chi connectivity index (χ4n) is 4.54. The summed E-state index contributed by atoms with van der Waals surface area (Å²) in [5, 5.41) is 6.19. The molecule has 2 atom stereocenters. The molecule has 2 aliphatic rings. The number of esters is 1. The lowest BCUT2D eigenvalue weighted by atomic mass is 10.0. The molecule has 1 amide bonds. The van der Waals surface area contributed by atoms with Crippen LogP contribution in [0.2, 0.25) is 0 Å². The van der Waals surface area contributed by atoms with Crippen LogP contribution in [0.4, 0.5) is 4.39 Å². The van der Waals surface area contributed by atoms with Crippen LogP contribution in [0.15, 0.2) is 47.7 Å². The summed E-state index contributed by atoms with van der Waals surface area (Å²) in [5.41, 5.74) is 2.51. The van der Waals surface area contributed by atoms with E-state index in [1.807, 2.05) is 34.8 Å². The van der Waals surface area contributed by atoms with E-state index in [2.05, 4.69) is 5.10 Å². The largest absolute Gasteiger partial charge is 0.465 e. The predicted octanol–water partition coefficient (Wildman–Crippen LogP) is 3.26. The van der Waals surface area contributed by atoms with Gasteiger partial charge in [-0.25, -0.2) is 9.40 Å². The van der Waals surface area contributed by atoms with Crippen molar-refractivity contribution in [2.75, 3.05) is 19.7 Å². The summed E-state index contributed by atoms with van der Waals surface area (Å²) in [5.74, 6) is -0.741. The second-order valence-electron chi connectivity index (χ2n) is 8.29. The Hall–Kier alpha value is -3.00. The van der Waals surface area contributed by atoms with Crippen molar-refractivity contribution in [3.05, 3.63) is 59.7 Å². The Balaban J connectivity index is 1.58. The molecule has 0 radical (unpaired) electrons. The molecule has 2 aliphatic heterocycles. The van der Waals surface area contributed by atoms with Crippen LogP contribution in [-0.4, -0.2) is 57.8 Å². The number of hydrogen-bond donors (Lipinski definition) is 0. The summed E-state index contributed by atoms with van der Waals surface area (Å²) in [4.78, 5) is 27.8. The number of nitrogens with zero attached hydrogens (tertiary/aromatic N) is 4. The minimum Gasteiger partial charge on any atom is -0.465 e. The molecule has 7 nitrogen and oxygen atoms in total. The first-order chi connectivity index (χ1) is 15.5. The number of likely N-dealkylation sites (tertiary alicyclic amines) is 1. The summed E-state index contributed by atoms with van der Waals surface area (Å²) in [6, 6.07) is 9.44. The van der Waals surface area contributed by atoms with Crippen molar-refractivity contribution in [3.63, 3.8) is 0 Å². The Morgan fingerprint density at radius 3 is 2.66 bits per heavy atom. The topological polar surface area (TPSA) is 67.1 Å². The normalized spacial score (nSPS) is 21.5. The molecule has 0 bridgehead atoms. The number of ether oxygens (including phenoxy) is 1. The lowest BCUT2D eigenvalue weighted by molar-refractivity contribution is -0.152. The Bertz CT molecular complexity index is 1000. The average molecular weight is 441 g/mol. The van der Waals surface area contributed by atoms with E-state index in [4.69, 9.17) is 4.74 Å². The second kappa shape index (κ2) is 9.65. The SMILES string of the molecule is CCOC(=O)[C@H]1CCCCN1CC(=O)N1N=C(c2ccc(F)cc2)C[C@H]1c1cccn1C. The van der Waals surface area contributed by atoms with Crippen molar-refractivity contribution in [2.24, 2.45) is 12.1 Å². The first-order valence-electron chi connectivity index (χ1n) is 11.1. The van der Waals surface area contributed by atoms with Gasteiger partial charge in [0.25, 0.3) is 5.91 Å². The number of carbonyl (C=O) groups excluding carboxylic acids is 2. The number of piperidine rings is 1. The molecule has 1 saturated heterocycles. The fourth-order valence-corrected chi connectivity index (χ4v) is 4.54. The molecule has 1 aromatic heterocycles. The molecule has 0 aliphatic carbocycles. The van der Waals surface area contributed by atoms with Gasteiger partial charge in [-0.3, -0.25) is 14.5 Å². The number of halogens is 1. The highest BCUT2D eigenvalue weighted by molar-refractivity contribution is 6.03. The van der Waals surface area contributed by atoms with Gasteiger partial charge in [0.15, 0.2) is 0 Å². The van der Waals surface area contributed by atoms with E-state index in [1.54, 1.807) is 19.1 Å². The van der Waals surface area contributed by atoms with Gasteiger partial charge in [0, 0.05) is 25.4 Å². The predicted molar refractivity (Wildman–Crippen MR) is 118 cm³/mol. The van der Waals surface area contributed by atoms with Crippen LogP contribution < -0.4 is 0 Å². The van der Waals surface area contributed by atoms with Crippen LogP contribution in [0.3, 0.4) is 0 Å². The molecule has 1 fully saturated rings. The maximum absolute atomic E-state index is 13.4. The molecule has 2 aromatic rings. The molecule has 0 N–H and O–H groups in total. The van der Waals surface area contributed by atoms with E-state index in [9.17, 15) is 14.0 Å². The maximum Gasteiger partial charge on any atom is 0.323 e. The number of hydrazone groups is 1. The second-order valence-corrected chi connectivity index (χ2v) is 8.29. The monoisotopic (exact) mass is 440 g/mol. The molecule has 32 heavy (non-hydrogen) atoms. The van der Waals surface area contributed by atoms with Gasteiger partial charge < -0.3 is 9.30 Å². The molecular formula is C24H29FN4O3. The lowest BCUT2D eigenvalue weighted by Gasteiger charge is -2.34. The van der Waals surface area contributed by atoms with Gasteiger partial charge in [-0.15, -0.1) is 0 Å². The van der Waals surface area contributed by atoms with E-state index < -0.39 is 6.04 Å². The van der Waals surface area contributed by atoms with Crippen molar-refractivity contribution < 1.29 is 18.7 Å². The van der Waals surface area contributed by atoms with Gasteiger partial charge >= 0.3 is 5.97 Å². The van der Waals surface area contributed by atoms with E-state index in [-0.39, 0.29) is 30.3 Å². The molecule has 4 rings (SSSR count). The highest BCUT2D eigenvalue weighted by atomic mass is 19.1. The van der Waals surface area contributed by atoms with Crippen LogP contribution in [0, 0.1) is 5.82 Å². The Kier molecular flexibility index (Phi) is 6.69. The summed E-state index contributed by atoms with van der Waals surface area (Å²) in [7, 11) is 1.94. The number of hydrogen-bond acceptors (Lipinski definition) is 5. The zero-order valence-corrected chi connectivity index (χ0v) is 18.5. The van der Waals surface area contributed by atoms with Crippen LogP contribution in [-0.2, 0) is 21.4 Å². The first kappa shape index (κ1) is 22.2. The van der Waals surface area contributed by atoms with Gasteiger partial charge in [0.05, 0.1) is 18.9 Å². The molecule has 170 valence electrons. The van der Waals surface area contributed by atoms with Crippen molar-refractivity contribution in [1.82, 2.24) is 14.5 Å². The van der Waals surface area contributed by atoms with Gasteiger partial charge in [-0.05, 0) is 56.1 Å². The number of benzene rings is 1. The maximum atomic E-state index is 13.4. The number of rotatable bonds is 6. The van der Waals surface area contributed by atoms with Crippen LogP contribution in [0.5, 0.6) is 0 Å². The number of aryl methyl sites for hydroxylation is 1. The van der Waals surface area contributed by atoms with E-state index >= 15 is 0 Å². The minimum absolute atomic E-state index is 0.102. The zero-order chi connectivity index (χ0) is 22.7. The van der Waals surface area contributed by atoms with Crippen molar-refractivity contribution in [2.45, 2.75) is 44.7 Å². The molecule has 0 saturated carbocycles. The van der Waals surface area contributed by atoms with E-state index in [0.717, 1.165) is 29.8 Å². The van der Waals surface area contributed by atoms with Crippen LogP contribution in [0.25, 0.3) is 0 Å². The number of carbonyl (C=O) groups is 2. The third-order valence-electron chi connectivity index (χ3n) is 6.18. The molecular weight excluding hydrogens is 411 g/mol. The molecule has 3 heterocycles. The third kappa shape index (κ3) is 4.60. The highest BCUT2D eigenvalue weighted by Gasteiger charge is 2.37. The zero-order valence-electron chi connectivity index (χ0n) is 18.5. The van der Waals surface area contributed by atoms with Crippen molar-refractivity contribution in [1.29, 1.82) is 0 Å². The van der Waals surface area contributed by atoms with Gasteiger partial charge in [-0.2, -0.15) is 5.10 Å². The average Bonchev–Trinajstić information content (AvgIpc) is 3.41. The lowest BCUT2D eigenvalue weighted by Crippen LogP contribution is -2.49. The summed E-state index contributed by atoms with van der Waals surface area (Å²) >= 11 is 0. The third-order valence-corrected chi connectivity index (χ3v) is 6.18. The van der Waals surface area contributed by atoms with Crippen molar-refractivity contribution in [3.8, 4) is 0 Å². The quantitative estimate of drug-likeness (QED) is 0.647. The van der Waals surface area contributed by atoms with Gasteiger partial charge in [-0.1, -0.05) is 18.6 Å². The van der Waals surface area contributed by atoms with Gasteiger partial charge in [0.1, 0.15) is 17.9 Å².